The Hall–Kier alpha value is -2.99. The Morgan fingerprint density at radius 2 is 1.91 bits per heavy atom. The highest BCUT2D eigenvalue weighted by Crippen LogP contribution is 2.39. The van der Waals surface area contributed by atoms with Gasteiger partial charge in [0.1, 0.15) is 0 Å². The van der Waals surface area contributed by atoms with E-state index in [1.807, 2.05) is 44.2 Å². The number of hydrogen-bond donors (Lipinski definition) is 0. The van der Waals surface area contributed by atoms with Gasteiger partial charge in [-0.25, -0.2) is 4.79 Å². The maximum Gasteiger partial charge on any atom is 0.339 e. The van der Waals surface area contributed by atoms with E-state index in [0.717, 1.165) is 52.8 Å². The van der Waals surface area contributed by atoms with Crippen molar-refractivity contribution in [1.29, 1.82) is 0 Å². The van der Waals surface area contributed by atoms with Gasteiger partial charge in [0.2, 0.25) is 5.78 Å². The van der Waals surface area contributed by atoms with E-state index in [4.69, 9.17) is 14.5 Å². The topological polar surface area (TPSA) is 70.4 Å². The van der Waals surface area contributed by atoms with E-state index >= 15 is 0 Å². The molecule has 35 heavy (non-hydrogen) atoms. The molecule has 0 amide bonds. The van der Waals surface area contributed by atoms with E-state index in [9.17, 15) is 9.59 Å². The molecule has 4 rings (SSSR count). The number of fused-ring (bicyclic) bond motifs is 2. The molecule has 0 saturated carbocycles. The summed E-state index contributed by atoms with van der Waals surface area (Å²) in [4.78, 5) is 31.4. The van der Waals surface area contributed by atoms with Crippen molar-refractivity contribution in [3.8, 4) is 0 Å². The average Bonchev–Trinajstić information content (AvgIpc) is 3.11. The molecule has 6 heteroatoms. The van der Waals surface area contributed by atoms with Gasteiger partial charge in [-0.2, -0.15) is 0 Å². The second kappa shape index (κ2) is 9.94. The summed E-state index contributed by atoms with van der Waals surface area (Å²) in [6, 6.07) is 9.56. The van der Waals surface area contributed by atoms with Gasteiger partial charge in [0, 0.05) is 41.7 Å². The molecule has 1 aliphatic rings. The van der Waals surface area contributed by atoms with Gasteiger partial charge in [0.25, 0.3) is 0 Å². The lowest BCUT2D eigenvalue weighted by Gasteiger charge is -2.35. The molecule has 0 saturated heterocycles. The standard InChI is InChI=1S/C29H36N2O4/c1-18-15-22(19(2)31(18)13-14-34-6)26(32)17-35-28(33)27-21-9-7-8-10-24(21)30-25-12-11-20(16-23(25)27)29(3,4)5/h7-10,15,20H,11-14,16-17H2,1-6H3/t20-/m1/s1. The predicted molar refractivity (Wildman–Crippen MR) is 137 cm³/mol. The number of aromatic nitrogens is 2. The van der Waals surface area contributed by atoms with E-state index in [1.165, 1.54) is 0 Å². The third-order valence-electron chi connectivity index (χ3n) is 7.42. The van der Waals surface area contributed by atoms with E-state index in [1.54, 1.807) is 7.11 Å². The number of ketones is 1. The number of aryl methyl sites for hydroxylation is 2. The molecule has 0 N–H and O–H groups in total. The summed E-state index contributed by atoms with van der Waals surface area (Å²) in [6.07, 6.45) is 2.68. The number of para-hydroxylation sites is 1. The Balaban J connectivity index is 1.62. The Bertz CT molecular complexity index is 1270. The van der Waals surface area contributed by atoms with Crippen molar-refractivity contribution in [2.75, 3.05) is 20.3 Å². The molecular formula is C29H36N2O4. The number of methoxy groups -OCH3 is 1. The highest BCUT2D eigenvalue weighted by molar-refractivity contribution is 6.06. The molecule has 1 aromatic carbocycles. The molecule has 0 aliphatic heterocycles. The number of Topliss-reactive ketones (excluding diaryl/α,β-unsaturated/α-hetero) is 1. The SMILES string of the molecule is COCCn1c(C)cc(C(=O)COC(=O)c2c3c(nc4ccccc24)CC[C@@H](C(C)(C)C)C3)c1C. The van der Waals surface area contributed by atoms with Crippen LogP contribution in [0.5, 0.6) is 0 Å². The minimum atomic E-state index is -0.448. The van der Waals surface area contributed by atoms with Crippen LogP contribution in [-0.4, -0.2) is 41.6 Å². The minimum Gasteiger partial charge on any atom is -0.454 e. The first kappa shape index (κ1) is 25.1. The molecule has 186 valence electrons. The van der Waals surface area contributed by atoms with Gasteiger partial charge in [-0.1, -0.05) is 39.0 Å². The van der Waals surface area contributed by atoms with Crippen LogP contribution in [0.2, 0.25) is 0 Å². The number of pyridine rings is 1. The molecule has 3 aromatic rings. The summed E-state index contributed by atoms with van der Waals surface area (Å²) < 4.78 is 12.9. The van der Waals surface area contributed by atoms with Crippen molar-refractivity contribution < 1.29 is 19.1 Å². The first-order valence-electron chi connectivity index (χ1n) is 12.4. The smallest absolute Gasteiger partial charge is 0.339 e. The number of rotatable bonds is 7. The number of ether oxygens (including phenoxy) is 2. The van der Waals surface area contributed by atoms with Gasteiger partial charge in [0.05, 0.1) is 17.7 Å². The van der Waals surface area contributed by atoms with Gasteiger partial charge in [-0.05, 0) is 62.1 Å². The summed E-state index contributed by atoms with van der Waals surface area (Å²) in [7, 11) is 1.66. The number of esters is 1. The molecule has 0 fully saturated rings. The van der Waals surface area contributed by atoms with Crippen LogP contribution in [0.25, 0.3) is 10.9 Å². The fraction of sp³-hybridized carbons (Fsp3) is 0.483. The number of carbonyl (C=O) groups excluding carboxylic acids is 2. The second-order valence-corrected chi connectivity index (χ2v) is 10.7. The number of hydrogen-bond acceptors (Lipinski definition) is 5. The van der Waals surface area contributed by atoms with Crippen LogP contribution in [0.4, 0.5) is 0 Å². The maximum absolute atomic E-state index is 13.5. The zero-order valence-corrected chi connectivity index (χ0v) is 21.7. The van der Waals surface area contributed by atoms with Crippen LogP contribution in [0, 0.1) is 25.2 Å². The van der Waals surface area contributed by atoms with Crippen molar-refractivity contribution in [1.82, 2.24) is 9.55 Å². The third-order valence-corrected chi connectivity index (χ3v) is 7.42. The first-order chi connectivity index (χ1) is 16.6. The second-order valence-electron chi connectivity index (χ2n) is 10.7. The van der Waals surface area contributed by atoms with E-state index in [2.05, 4.69) is 25.3 Å². The normalized spacial score (nSPS) is 15.8. The van der Waals surface area contributed by atoms with Crippen molar-refractivity contribution in [3.63, 3.8) is 0 Å². The van der Waals surface area contributed by atoms with Crippen LogP contribution in [0.1, 0.15) is 70.6 Å². The largest absolute Gasteiger partial charge is 0.454 e. The molecule has 0 bridgehead atoms. The van der Waals surface area contributed by atoms with Gasteiger partial charge in [-0.3, -0.25) is 9.78 Å². The third kappa shape index (κ3) is 5.03. The zero-order chi connectivity index (χ0) is 25.3. The Kier molecular flexibility index (Phi) is 7.13. The summed E-state index contributed by atoms with van der Waals surface area (Å²) in [5.41, 5.74) is 5.87. The number of carbonyl (C=O) groups is 2. The molecule has 1 atom stereocenters. The summed E-state index contributed by atoms with van der Waals surface area (Å²) >= 11 is 0. The molecule has 0 unspecified atom stereocenters. The van der Waals surface area contributed by atoms with Crippen molar-refractivity contribution in [2.24, 2.45) is 11.3 Å². The minimum absolute atomic E-state index is 0.131. The maximum atomic E-state index is 13.5. The van der Waals surface area contributed by atoms with E-state index < -0.39 is 5.97 Å². The molecule has 0 radical (unpaired) electrons. The van der Waals surface area contributed by atoms with Crippen molar-refractivity contribution >= 4 is 22.7 Å². The molecule has 2 heterocycles. The summed E-state index contributed by atoms with van der Waals surface area (Å²) in [5, 5.41) is 0.788. The number of nitrogens with zero attached hydrogens (tertiary/aromatic N) is 2. The number of benzene rings is 1. The van der Waals surface area contributed by atoms with E-state index in [0.29, 0.717) is 30.2 Å². The van der Waals surface area contributed by atoms with Crippen LogP contribution in [0.15, 0.2) is 30.3 Å². The highest BCUT2D eigenvalue weighted by Gasteiger charge is 2.33. The summed E-state index contributed by atoms with van der Waals surface area (Å²) in [6.45, 7) is 11.6. The van der Waals surface area contributed by atoms with Crippen LogP contribution in [0.3, 0.4) is 0 Å². The molecular weight excluding hydrogens is 440 g/mol. The fourth-order valence-corrected chi connectivity index (χ4v) is 5.25. The van der Waals surface area contributed by atoms with Gasteiger partial charge < -0.3 is 14.0 Å². The molecule has 0 spiro atoms. The van der Waals surface area contributed by atoms with Crippen LogP contribution < -0.4 is 0 Å². The quantitative estimate of drug-likeness (QED) is 0.333. The Morgan fingerprint density at radius 3 is 2.63 bits per heavy atom. The van der Waals surface area contributed by atoms with Gasteiger partial charge >= 0.3 is 5.97 Å². The lowest BCUT2D eigenvalue weighted by atomic mass is 9.70. The lowest BCUT2D eigenvalue weighted by molar-refractivity contribution is 0.0474. The predicted octanol–water partition coefficient (Wildman–Crippen LogP) is 5.49. The van der Waals surface area contributed by atoms with Gasteiger partial charge in [-0.15, -0.1) is 0 Å². The summed E-state index contributed by atoms with van der Waals surface area (Å²) in [5.74, 6) is -0.200. The lowest BCUT2D eigenvalue weighted by Crippen LogP contribution is -2.29. The van der Waals surface area contributed by atoms with E-state index in [-0.39, 0.29) is 17.8 Å². The fourth-order valence-electron chi connectivity index (χ4n) is 5.25. The van der Waals surface area contributed by atoms with Crippen LogP contribution in [-0.2, 0) is 28.9 Å². The Morgan fingerprint density at radius 1 is 1.17 bits per heavy atom. The van der Waals surface area contributed by atoms with Crippen molar-refractivity contribution in [2.45, 2.75) is 60.4 Å². The monoisotopic (exact) mass is 476 g/mol. The highest BCUT2D eigenvalue weighted by atomic mass is 16.5. The van der Waals surface area contributed by atoms with Crippen LogP contribution >= 0.6 is 0 Å². The van der Waals surface area contributed by atoms with Gasteiger partial charge in [0.15, 0.2) is 6.61 Å². The Labute approximate surface area is 207 Å². The molecule has 6 nitrogen and oxygen atoms in total. The molecule has 1 aliphatic carbocycles. The first-order valence-corrected chi connectivity index (χ1v) is 12.4. The zero-order valence-electron chi connectivity index (χ0n) is 21.7. The average molecular weight is 477 g/mol. The van der Waals surface area contributed by atoms with Crippen molar-refractivity contribution in [3.05, 3.63) is 64.1 Å². The molecule has 2 aromatic heterocycles.